The quantitative estimate of drug-likeness (QED) is 0.471. The summed E-state index contributed by atoms with van der Waals surface area (Å²) in [5.74, 6) is 1.71. The molecule has 2 heterocycles. The number of phenols is 1. The number of nitrogens with zero attached hydrogens (tertiary/aromatic N) is 3. The van der Waals surface area contributed by atoms with Crippen LogP contribution < -0.4 is 10.1 Å². The van der Waals surface area contributed by atoms with Gasteiger partial charge in [0, 0.05) is 28.1 Å². The number of hydrogen-bond donors (Lipinski definition) is 2. The summed E-state index contributed by atoms with van der Waals surface area (Å²) in [6.07, 6.45) is 5.21. The van der Waals surface area contributed by atoms with E-state index in [1.165, 1.54) is 0 Å². The van der Waals surface area contributed by atoms with Gasteiger partial charge in [-0.2, -0.15) is 0 Å². The first-order valence-corrected chi connectivity index (χ1v) is 9.26. The molecular weight excluding hydrogens is 408 g/mol. The highest BCUT2D eigenvalue weighted by atomic mass is 79.9. The molecule has 0 radical (unpaired) electrons. The van der Waals surface area contributed by atoms with Crippen molar-refractivity contribution in [3.05, 3.63) is 65.5 Å². The van der Waals surface area contributed by atoms with Crippen LogP contribution in [0.3, 0.4) is 0 Å². The number of anilines is 2. The van der Waals surface area contributed by atoms with Gasteiger partial charge in [-0.05, 0) is 49.4 Å². The summed E-state index contributed by atoms with van der Waals surface area (Å²) in [7, 11) is 0. The summed E-state index contributed by atoms with van der Waals surface area (Å²) in [5, 5.41) is 13.8. The van der Waals surface area contributed by atoms with Crippen molar-refractivity contribution in [2.75, 3.05) is 11.9 Å². The van der Waals surface area contributed by atoms with Gasteiger partial charge < -0.3 is 15.2 Å². The van der Waals surface area contributed by atoms with E-state index >= 15 is 0 Å². The van der Waals surface area contributed by atoms with Crippen LogP contribution >= 0.6 is 15.9 Å². The van der Waals surface area contributed by atoms with E-state index in [9.17, 15) is 5.11 Å². The monoisotopic (exact) mass is 424 g/mol. The molecule has 0 saturated heterocycles. The molecule has 136 valence electrons. The first-order chi connectivity index (χ1) is 13.2. The van der Waals surface area contributed by atoms with E-state index < -0.39 is 0 Å². The summed E-state index contributed by atoms with van der Waals surface area (Å²) in [6.45, 7) is 2.58. The minimum atomic E-state index is 0.157. The Morgan fingerprint density at radius 2 is 2.00 bits per heavy atom. The molecule has 27 heavy (non-hydrogen) atoms. The predicted octanol–water partition coefficient (Wildman–Crippen LogP) is 5.01. The summed E-state index contributed by atoms with van der Waals surface area (Å²) in [5.41, 5.74) is 2.82. The Kier molecular flexibility index (Phi) is 4.68. The number of aromatic hydroxyl groups is 1. The Labute approximate surface area is 164 Å². The fourth-order valence-corrected chi connectivity index (χ4v) is 3.21. The fourth-order valence-electron chi connectivity index (χ4n) is 2.85. The average Bonchev–Trinajstić information content (AvgIpc) is 3.04. The van der Waals surface area contributed by atoms with Crippen molar-refractivity contribution in [3.8, 4) is 22.8 Å². The lowest BCUT2D eigenvalue weighted by Crippen LogP contribution is -1.98. The van der Waals surface area contributed by atoms with Gasteiger partial charge in [0.05, 0.1) is 12.8 Å². The number of fused-ring (bicyclic) bond motifs is 1. The predicted molar refractivity (Wildman–Crippen MR) is 109 cm³/mol. The zero-order chi connectivity index (χ0) is 18.8. The standard InChI is InChI=1S/C20H17BrN4O2/c1-2-27-15-6-4-14(5-7-15)23-20-19(16-11-13(21)3-8-17(16)26)24-18-12-22-9-10-25(18)20/h3-12,23,26H,2H2,1H3. The lowest BCUT2D eigenvalue weighted by atomic mass is 10.1. The Hall–Kier alpha value is -3.06. The van der Waals surface area contributed by atoms with Gasteiger partial charge in [0.15, 0.2) is 5.65 Å². The van der Waals surface area contributed by atoms with E-state index in [4.69, 9.17) is 4.74 Å². The Balaban J connectivity index is 1.82. The molecular formula is C20H17BrN4O2. The van der Waals surface area contributed by atoms with Crippen LogP contribution in [0.1, 0.15) is 6.92 Å². The van der Waals surface area contributed by atoms with E-state index in [-0.39, 0.29) is 5.75 Å². The molecule has 2 N–H and O–H groups in total. The Bertz CT molecular complexity index is 1090. The molecule has 0 fully saturated rings. The molecule has 6 nitrogen and oxygen atoms in total. The van der Waals surface area contributed by atoms with Crippen molar-refractivity contribution in [1.82, 2.24) is 14.4 Å². The molecule has 0 amide bonds. The van der Waals surface area contributed by atoms with Crippen LogP contribution in [0.2, 0.25) is 0 Å². The van der Waals surface area contributed by atoms with Gasteiger partial charge in [-0.3, -0.25) is 9.38 Å². The molecule has 0 aliphatic heterocycles. The lowest BCUT2D eigenvalue weighted by molar-refractivity contribution is 0.340. The minimum absolute atomic E-state index is 0.157. The number of ether oxygens (including phenoxy) is 1. The van der Waals surface area contributed by atoms with Gasteiger partial charge in [0.2, 0.25) is 0 Å². The van der Waals surface area contributed by atoms with E-state index in [2.05, 4.69) is 31.2 Å². The summed E-state index contributed by atoms with van der Waals surface area (Å²) >= 11 is 3.46. The SMILES string of the molecule is CCOc1ccc(Nc2c(-c3cc(Br)ccc3O)nc3cnccn23)cc1. The summed E-state index contributed by atoms with van der Waals surface area (Å²) in [4.78, 5) is 8.80. The van der Waals surface area contributed by atoms with Gasteiger partial charge >= 0.3 is 0 Å². The average molecular weight is 425 g/mol. The number of phenolic OH excluding ortho intramolecular Hbond substituents is 1. The molecule has 0 saturated carbocycles. The molecule has 0 unspecified atom stereocenters. The molecule has 0 spiro atoms. The lowest BCUT2D eigenvalue weighted by Gasteiger charge is -2.11. The molecule has 2 aromatic carbocycles. The summed E-state index contributed by atoms with van der Waals surface area (Å²) < 4.78 is 8.26. The third kappa shape index (κ3) is 3.46. The molecule has 4 aromatic rings. The number of imidazole rings is 1. The van der Waals surface area contributed by atoms with Crippen molar-refractivity contribution >= 4 is 33.1 Å². The fraction of sp³-hybridized carbons (Fsp3) is 0.100. The molecule has 7 heteroatoms. The van der Waals surface area contributed by atoms with Crippen LogP contribution in [0.25, 0.3) is 16.9 Å². The van der Waals surface area contributed by atoms with Crippen LogP contribution in [0, 0.1) is 0 Å². The van der Waals surface area contributed by atoms with Crippen LogP contribution in [0.4, 0.5) is 11.5 Å². The van der Waals surface area contributed by atoms with Gasteiger partial charge in [0.25, 0.3) is 0 Å². The first-order valence-electron chi connectivity index (χ1n) is 8.46. The van der Waals surface area contributed by atoms with Crippen molar-refractivity contribution in [1.29, 1.82) is 0 Å². The van der Waals surface area contributed by atoms with E-state index in [1.807, 2.05) is 47.9 Å². The van der Waals surface area contributed by atoms with Crippen molar-refractivity contribution in [2.45, 2.75) is 6.92 Å². The van der Waals surface area contributed by atoms with Gasteiger partial charge in [0.1, 0.15) is 23.0 Å². The molecule has 2 aromatic heterocycles. The molecule has 4 rings (SSSR count). The second-order valence-electron chi connectivity index (χ2n) is 5.86. The number of benzene rings is 2. The van der Waals surface area contributed by atoms with Crippen molar-refractivity contribution in [3.63, 3.8) is 0 Å². The van der Waals surface area contributed by atoms with Gasteiger partial charge in [-0.15, -0.1) is 0 Å². The molecule has 0 aliphatic carbocycles. The van der Waals surface area contributed by atoms with Crippen molar-refractivity contribution < 1.29 is 9.84 Å². The van der Waals surface area contributed by atoms with E-state index in [1.54, 1.807) is 24.5 Å². The highest BCUT2D eigenvalue weighted by Gasteiger charge is 2.17. The highest BCUT2D eigenvalue weighted by molar-refractivity contribution is 9.10. The third-order valence-corrected chi connectivity index (χ3v) is 4.57. The van der Waals surface area contributed by atoms with E-state index in [0.29, 0.717) is 23.5 Å². The normalized spacial score (nSPS) is 10.9. The molecule has 0 atom stereocenters. The minimum Gasteiger partial charge on any atom is -0.507 e. The maximum Gasteiger partial charge on any atom is 0.157 e. The zero-order valence-electron chi connectivity index (χ0n) is 14.6. The Morgan fingerprint density at radius 1 is 1.19 bits per heavy atom. The third-order valence-electron chi connectivity index (χ3n) is 4.07. The van der Waals surface area contributed by atoms with Gasteiger partial charge in [-0.25, -0.2) is 4.98 Å². The number of halogens is 1. The van der Waals surface area contributed by atoms with Crippen LogP contribution in [0.5, 0.6) is 11.5 Å². The molecule has 0 aliphatic rings. The van der Waals surface area contributed by atoms with Crippen LogP contribution in [-0.2, 0) is 0 Å². The maximum absolute atomic E-state index is 10.4. The number of hydrogen-bond acceptors (Lipinski definition) is 5. The first kappa shape index (κ1) is 17.4. The largest absolute Gasteiger partial charge is 0.507 e. The smallest absolute Gasteiger partial charge is 0.157 e. The zero-order valence-corrected chi connectivity index (χ0v) is 16.1. The second-order valence-corrected chi connectivity index (χ2v) is 6.77. The maximum atomic E-state index is 10.4. The highest BCUT2D eigenvalue weighted by Crippen LogP contribution is 2.37. The second kappa shape index (κ2) is 7.28. The summed E-state index contributed by atoms with van der Waals surface area (Å²) in [6, 6.07) is 13.0. The van der Waals surface area contributed by atoms with Crippen LogP contribution in [0.15, 0.2) is 65.5 Å². The topological polar surface area (TPSA) is 71.7 Å². The Morgan fingerprint density at radius 3 is 2.78 bits per heavy atom. The van der Waals surface area contributed by atoms with Crippen molar-refractivity contribution in [2.24, 2.45) is 0 Å². The van der Waals surface area contributed by atoms with Gasteiger partial charge in [-0.1, -0.05) is 15.9 Å². The van der Waals surface area contributed by atoms with Crippen LogP contribution in [-0.4, -0.2) is 26.1 Å². The number of nitrogens with one attached hydrogen (secondary N) is 1. The number of rotatable bonds is 5. The number of aromatic nitrogens is 3. The van der Waals surface area contributed by atoms with E-state index in [0.717, 1.165) is 21.7 Å². The molecule has 0 bridgehead atoms.